The predicted octanol–water partition coefficient (Wildman–Crippen LogP) is -0.243. The molecular formula is C12H23N5. The van der Waals surface area contributed by atoms with Crippen LogP contribution < -0.4 is 5.32 Å². The molecule has 0 saturated carbocycles. The van der Waals surface area contributed by atoms with Gasteiger partial charge in [0, 0.05) is 59.1 Å². The molecule has 0 bridgehead atoms. The quantitative estimate of drug-likeness (QED) is 0.767. The Morgan fingerprint density at radius 3 is 2.82 bits per heavy atom. The lowest BCUT2D eigenvalue weighted by Crippen LogP contribution is -2.45. The highest BCUT2D eigenvalue weighted by atomic mass is 15.2. The summed E-state index contributed by atoms with van der Waals surface area (Å²) in [6, 6.07) is 0. The molecule has 0 aliphatic carbocycles. The van der Waals surface area contributed by atoms with Crippen LogP contribution in [0, 0.1) is 0 Å². The number of imidazole rings is 1. The fourth-order valence-corrected chi connectivity index (χ4v) is 2.14. The molecule has 0 spiro atoms. The highest BCUT2D eigenvalue weighted by Crippen LogP contribution is 2.01. The zero-order valence-corrected chi connectivity index (χ0v) is 10.9. The van der Waals surface area contributed by atoms with Gasteiger partial charge >= 0.3 is 0 Å². The first-order valence-electron chi connectivity index (χ1n) is 6.32. The van der Waals surface area contributed by atoms with Gasteiger partial charge in [-0.05, 0) is 7.05 Å². The van der Waals surface area contributed by atoms with Crippen LogP contribution in [0.5, 0.6) is 0 Å². The molecule has 0 aromatic carbocycles. The summed E-state index contributed by atoms with van der Waals surface area (Å²) in [5, 5.41) is 3.38. The molecule has 96 valence electrons. The van der Waals surface area contributed by atoms with E-state index in [-0.39, 0.29) is 0 Å². The van der Waals surface area contributed by atoms with Gasteiger partial charge < -0.3 is 9.88 Å². The van der Waals surface area contributed by atoms with Gasteiger partial charge in [-0.25, -0.2) is 4.98 Å². The van der Waals surface area contributed by atoms with E-state index in [4.69, 9.17) is 0 Å². The highest BCUT2D eigenvalue weighted by molar-refractivity contribution is 4.96. The van der Waals surface area contributed by atoms with Gasteiger partial charge in [0.05, 0.1) is 12.0 Å². The summed E-state index contributed by atoms with van der Waals surface area (Å²) in [7, 11) is 4.22. The second-order valence-corrected chi connectivity index (χ2v) is 4.83. The molecule has 0 unspecified atom stereocenters. The minimum absolute atomic E-state index is 0.975. The van der Waals surface area contributed by atoms with Crippen LogP contribution in [0.3, 0.4) is 0 Å². The van der Waals surface area contributed by atoms with E-state index in [1.807, 2.05) is 19.6 Å². The first-order chi connectivity index (χ1) is 8.25. The van der Waals surface area contributed by atoms with Crippen LogP contribution in [-0.2, 0) is 13.6 Å². The van der Waals surface area contributed by atoms with E-state index >= 15 is 0 Å². The van der Waals surface area contributed by atoms with Gasteiger partial charge in [-0.3, -0.25) is 9.80 Å². The Hall–Kier alpha value is -0.910. The number of nitrogens with one attached hydrogen (secondary N) is 1. The number of piperazine rings is 1. The molecule has 0 atom stereocenters. The number of aromatic nitrogens is 2. The molecule has 1 saturated heterocycles. The normalized spacial score (nSPS) is 17.8. The Morgan fingerprint density at radius 1 is 1.41 bits per heavy atom. The molecule has 1 aliphatic rings. The number of rotatable bonds is 5. The van der Waals surface area contributed by atoms with Crippen molar-refractivity contribution in [1.29, 1.82) is 0 Å². The van der Waals surface area contributed by atoms with E-state index in [0.29, 0.717) is 0 Å². The minimum atomic E-state index is 0.975. The number of hydrogen-bond acceptors (Lipinski definition) is 4. The smallest absolute Gasteiger partial charge is 0.0945 e. The van der Waals surface area contributed by atoms with Gasteiger partial charge in [-0.1, -0.05) is 0 Å². The standard InChI is InChI=1S/C12H23N5/c1-15(10-12-9-14-11-16(12)2)7-8-17-5-3-13-4-6-17/h9,11,13H,3-8,10H2,1-2H3. The molecule has 5 nitrogen and oxygen atoms in total. The van der Waals surface area contributed by atoms with Crippen molar-refractivity contribution in [2.75, 3.05) is 46.3 Å². The summed E-state index contributed by atoms with van der Waals surface area (Å²) < 4.78 is 2.08. The summed E-state index contributed by atoms with van der Waals surface area (Å²) in [6.45, 7) is 7.87. The van der Waals surface area contributed by atoms with Gasteiger partial charge in [-0.2, -0.15) is 0 Å². The van der Waals surface area contributed by atoms with Crippen molar-refractivity contribution < 1.29 is 0 Å². The van der Waals surface area contributed by atoms with Gasteiger partial charge in [0.2, 0.25) is 0 Å². The van der Waals surface area contributed by atoms with Crippen LogP contribution in [0.4, 0.5) is 0 Å². The number of likely N-dealkylation sites (N-methyl/N-ethyl adjacent to an activating group) is 1. The average Bonchev–Trinajstić information content (AvgIpc) is 2.74. The number of aryl methyl sites for hydroxylation is 1. The SMILES string of the molecule is CN(CCN1CCNCC1)Cc1cncn1C. The first-order valence-corrected chi connectivity index (χ1v) is 6.32. The second-order valence-electron chi connectivity index (χ2n) is 4.83. The van der Waals surface area contributed by atoms with Crippen molar-refractivity contribution in [1.82, 2.24) is 24.7 Å². The third kappa shape index (κ3) is 3.80. The van der Waals surface area contributed by atoms with Gasteiger partial charge in [0.15, 0.2) is 0 Å². The Labute approximate surface area is 103 Å². The van der Waals surface area contributed by atoms with Gasteiger partial charge in [0.25, 0.3) is 0 Å². The molecule has 2 rings (SSSR count). The maximum Gasteiger partial charge on any atom is 0.0945 e. The lowest BCUT2D eigenvalue weighted by atomic mass is 10.3. The molecule has 17 heavy (non-hydrogen) atoms. The Balaban J connectivity index is 1.70. The molecule has 1 aromatic rings. The van der Waals surface area contributed by atoms with E-state index in [2.05, 4.69) is 31.7 Å². The first kappa shape index (κ1) is 12.5. The summed E-state index contributed by atoms with van der Waals surface area (Å²) >= 11 is 0. The van der Waals surface area contributed by atoms with Crippen molar-refractivity contribution in [3.05, 3.63) is 18.2 Å². The van der Waals surface area contributed by atoms with Gasteiger partial charge in [-0.15, -0.1) is 0 Å². The van der Waals surface area contributed by atoms with Crippen molar-refractivity contribution >= 4 is 0 Å². The van der Waals surface area contributed by atoms with Crippen LogP contribution >= 0.6 is 0 Å². The maximum atomic E-state index is 4.14. The lowest BCUT2D eigenvalue weighted by Gasteiger charge is -2.29. The lowest BCUT2D eigenvalue weighted by molar-refractivity contribution is 0.201. The molecule has 0 amide bonds. The Morgan fingerprint density at radius 2 is 2.18 bits per heavy atom. The number of hydrogen-bond donors (Lipinski definition) is 1. The zero-order valence-electron chi connectivity index (χ0n) is 10.9. The summed E-state index contributed by atoms with van der Waals surface area (Å²) in [5.74, 6) is 0. The van der Waals surface area contributed by atoms with E-state index in [1.165, 1.54) is 18.8 Å². The molecule has 1 fully saturated rings. The van der Waals surface area contributed by atoms with E-state index in [9.17, 15) is 0 Å². The molecule has 5 heteroatoms. The van der Waals surface area contributed by atoms with Crippen LogP contribution in [0.1, 0.15) is 5.69 Å². The van der Waals surface area contributed by atoms with E-state index in [0.717, 1.165) is 32.7 Å². The van der Waals surface area contributed by atoms with Crippen molar-refractivity contribution in [3.63, 3.8) is 0 Å². The highest BCUT2D eigenvalue weighted by Gasteiger charge is 2.10. The van der Waals surface area contributed by atoms with Crippen molar-refractivity contribution in [2.45, 2.75) is 6.54 Å². The van der Waals surface area contributed by atoms with Crippen LogP contribution in [0.25, 0.3) is 0 Å². The van der Waals surface area contributed by atoms with Crippen LogP contribution in [0.2, 0.25) is 0 Å². The van der Waals surface area contributed by atoms with Crippen molar-refractivity contribution in [2.24, 2.45) is 7.05 Å². The van der Waals surface area contributed by atoms with Crippen LogP contribution in [-0.4, -0.2) is 65.7 Å². The van der Waals surface area contributed by atoms with E-state index in [1.54, 1.807) is 0 Å². The molecule has 1 aliphatic heterocycles. The predicted molar refractivity (Wildman–Crippen MR) is 68.9 cm³/mol. The zero-order chi connectivity index (χ0) is 12.1. The fourth-order valence-electron chi connectivity index (χ4n) is 2.14. The van der Waals surface area contributed by atoms with Crippen LogP contribution in [0.15, 0.2) is 12.5 Å². The number of nitrogens with zero attached hydrogens (tertiary/aromatic N) is 4. The minimum Gasteiger partial charge on any atom is -0.337 e. The Bertz CT molecular complexity index is 329. The molecule has 1 N–H and O–H groups in total. The summed E-state index contributed by atoms with van der Waals surface area (Å²) in [5.41, 5.74) is 1.27. The molecule has 2 heterocycles. The Kier molecular flexibility index (Phi) is 4.53. The summed E-state index contributed by atoms with van der Waals surface area (Å²) in [4.78, 5) is 9.03. The third-order valence-corrected chi connectivity index (χ3v) is 3.36. The molecule has 1 aromatic heterocycles. The van der Waals surface area contributed by atoms with Gasteiger partial charge in [0.1, 0.15) is 0 Å². The maximum absolute atomic E-state index is 4.14. The molecular weight excluding hydrogens is 214 g/mol. The second kappa shape index (κ2) is 6.14. The largest absolute Gasteiger partial charge is 0.337 e. The van der Waals surface area contributed by atoms with E-state index < -0.39 is 0 Å². The summed E-state index contributed by atoms with van der Waals surface area (Å²) in [6.07, 6.45) is 3.81. The van der Waals surface area contributed by atoms with Crippen molar-refractivity contribution in [3.8, 4) is 0 Å². The fraction of sp³-hybridized carbons (Fsp3) is 0.750. The topological polar surface area (TPSA) is 36.3 Å². The monoisotopic (exact) mass is 237 g/mol. The average molecular weight is 237 g/mol. The third-order valence-electron chi connectivity index (χ3n) is 3.36. The molecule has 0 radical (unpaired) electrons.